The maximum Gasteiger partial charge on any atom is 0.316 e. The maximum atomic E-state index is 11.9. The van der Waals surface area contributed by atoms with E-state index in [1.807, 2.05) is 6.92 Å². The standard InChI is InChI=1S/C12H17N5O3/c1-3-5-6(11(19)20-4-2)8-14-7-9(15-8)16-12(13)17-10(7)18/h6H,3-5H2,1-2H3,(H4,13,14,15,16,17,18). The van der Waals surface area contributed by atoms with Gasteiger partial charge in [0.25, 0.3) is 5.56 Å². The molecule has 108 valence electrons. The number of esters is 1. The number of aromatic nitrogens is 4. The predicted molar refractivity (Wildman–Crippen MR) is 73.2 cm³/mol. The summed E-state index contributed by atoms with van der Waals surface area (Å²) in [7, 11) is 0. The second-order valence-corrected chi connectivity index (χ2v) is 4.37. The van der Waals surface area contributed by atoms with Crippen molar-refractivity contribution in [2.45, 2.75) is 32.6 Å². The number of ether oxygens (including phenoxy) is 1. The normalized spacial score (nSPS) is 12.5. The van der Waals surface area contributed by atoms with Crippen LogP contribution in [0.1, 0.15) is 38.4 Å². The van der Waals surface area contributed by atoms with Crippen molar-refractivity contribution in [2.24, 2.45) is 0 Å². The average Bonchev–Trinajstić information content (AvgIpc) is 2.79. The largest absolute Gasteiger partial charge is 0.465 e. The third kappa shape index (κ3) is 2.63. The van der Waals surface area contributed by atoms with Crippen LogP contribution in [0.4, 0.5) is 5.95 Å². The highest BCUT2D eigenvalue weighted by molar-refractivity contribution is 5.79. The first kappa shape index (κ1) is 14.0. The van der Waals surface area contributed by atoms with Crippen molar-refractivity contribution < 1.29 is 9.53 Å². The van der Waals surface area contributed by atoms with Crippen LogP contribution in [0.5, 0.6) is 0 Å². The van der Waals surface area contributed by atoms with Crippen molar-refractivity contribution in [3.05, 3.63) is 16.2 Å². The minimum Gasteiger partial charge on any atom is -0.465 e. The first-order valence-electron chi connectivity index (χ1n) is 6.48. The first-order chi connectivity index (χ1) is 9.56. The van der Waals surface area contributed by atoms with Crippen LogP contribution in [0.3, 0.4) is 0 Å². The van der Waals surface area contributed by atoms with Gasteiger partial charge in [-0.2, -0.15) is 4.98 Å². The van der Waals surface area contributed by atoms with E-state index in [9.17, 15) is 9.59 Å². The third-order valence-corrected chi connectivity index (χ3v) is 2.88. The number of nitrogens with zero attached hydrogens (tertiary/aromatic N) is 2. The number of nitrogens with one attached hydrogen (secondary N) is 2. The second-order valence-electron chi connectivity index (χ2n) is 4.37. The molecule has 0 saturated carbocycles. The van der Waals surface area contributed by atoms with Gasteiger partial charge in [0, 0.05) is 0 Å². The molecule has 2 aromatic rings. The Morgan fingerprint density at radius 3 is 2.75 bits per heavy atom. The van der Waals surface area contributed by atoms with E-state index in [-0.39, 0.29) is 23.1 Å². The Bertz CT molecular complexity index is 675. The molecule has 0 bridgehead atoms. The number of imidazole rings is 1. The Morgan fingerprint density at radius 1 is 1.35 bits per heavy atom. The summed E-state index contributed by atoms with van der Waals surface area (Å²) in [5, 5.41) is 0. The predicted octanol–water partition coefficient (Wildman–Crippen LogP) is 0.675. The van der Waals surface area contributed by atoms with Crippen LogP contribution in [0.25, 0.3) is 11.2 Å². The molecule has 2 aromatic heterocycles. The summed E-state index contributed by atoms with van der Waals surface area (Å²) < 4.78 is 5.03. The van der Waals surface area contributed by atoms with Crippen LogP contribution >= 0.6 is 0 Å². The molecule has 0 radical (unpaired) electrons. The zero-order valence-corrected chi connectivity index (χ0v) is 11.4. The number of hydrogen-bond acceptors (Lipinski definition) is 6. The van der Waals surface area contributed by atoms with Gasteiger partial charge >= 0.3 is 5.97 Å². The van der Waals surface area contributed by atoms with Gasteiger partial charge in [0.15, 0.2) is 11.2 Å². The van der Waals surface area contributed by atoms with Gasteiger partial charge in [-0.3, -0.25) is 14.6 Å². The molecule has 0 aliphatic carbocycles. The summed E-state index contributed by atoms with van der Waals surface area (Å²) in [5.41, 5.74) is 5.46. The first-order valence-corrected chi connectivity index (χ1v) is 6.48. The fourth-order valence-corrected chi connectivity index (χ4v) is 2.00. The third-order valence-electron chi connectivity index (χ3n) is 2.88. The molecule has 0 amide bonds. The monoisotopic (exact) mass is 279 g/mol. The van der Waals surface area contributed by atoms with Gasteiger partial charge < -0.3 is 15.5 Å². The molecule has 4 N–H and O–H groups in total. The zero-order chi connectivity index (χ0) is 14.7. The Labute approximate surface area is 114 Å². The summed E-state index contributed by atoms with van der Waals surface area (Å²) in [5.74, 6) is -0.528. The van der Waals surface area contributed by atoms with Gasteiger partial charge in [-0.15, -0.1) is 0 Å². The van der Waals surface area contributed by atoms with Crippen molar-refractivity contribution in [1.29, 1.82) is 0 Å². The number of rotatable bonds is 5. The lowest BCUT2D eigenvalue weighted by molar-refractivity contribution is -0.145. The van der Waals surface area contributed by atoms with Crippen LogP contribution in [0.15, 0.2) is 4.79 Å². The topological polar surface area (TPSA) is 127 Å². The van der Waals surface area contributed by atoms with Crippen LogP contribution in [-0.2, 0) is 9.53 Å². The lowest BCUT2D eigenvalue weighted by Gasteiger charge is -2.11. The van der Waals surface area contributed by atoms with Crippen LogP contribution in [-0.4, -0.2) is 32.5 Å². The molecule has 1 atom stereocenters. The lowest BCUT2D eigenvalue weighted by Crippen LogP contribution is -2.17. The summed E-state index contributed by atoms with van der Waals surface area (Å²) >= 11 is 0. The number of nitrogens with two attached hydrogens (primary N) is 1. The fraction of sp³-hybridized carbons (Fsp3) is 0.500. The van der Waals surface area contributed by atoms with E-state index in [2.05, 4.69) is 19.9 Å². The van der Waals surface area contributed by atoms with E-state index in [0.717, 1.165) is 6.42 Å². The number of carbonyl (C=O) groups excluding carboxylic acids is 1. The van der Waals surface area contributed by atoms with E-state index in [1.165, 1.54) is 0 Å². The Kier molecular flexibility index (Phi) is 4.02. The number of aromatic amines is 2. The Hall–Kier alpha value is -2.38. The number of hydrogen-bond donors (Lipinski definition) is 3. The molecule has 0 aliphatic rings. The second kappa shape index (κ2) is 5.72. The summed E-state index contributed by atoms with van der Waals surface area (Å²) in [6.07, 6.45) is 1.36. The Balaban J connectivity index is 2.46. The van der Waals surface area contributed by atoms with Crippen molar-refractivity contribution in [2.75, 3.05) is 12.3 Å². The highest BCUT2D eigenvalue weighted by Crippen LogP contribution is 2.21. The van der Waals surface area contributed by atoms with Crippen LogP contribution < -0.4 is 11.3 Å². The molecule has 0 aromatic carbocycles. The quantitative estimate of drug-likeness (QED) is 0.690. The van der Waals surface area contributed by atoms with E-state index in [4.69, 9.17) is 10.5 Å². The Morgan fingerprint density at radius 2 is 2.10 bits per heavy atom. The molecule has 0 fully saturated rings. The number of nitrogen functional groups attached to an aromatic ring is 1. The molecule has 1 unspecified atom stereocenters. The van der Waals surface area contributed by atoms with E-state index in [0.29, 0.717) is 18.9 Å². The molecule has 2 heterocycles. The maximum absolute atomic E-state index is 11.9. The lowest BCUT2D eigenvalue weighted by atomic mass is 10.0. The van der Waals surface area contributed by atoms with Crippen molar-refractivity contribution in [3.63, 3.8) is 0 Å². The fourth-order valence-electron chi connectivity index (χ4n) is 2.00. The molecule has 8 heteroatoms. The van der Waals surface area contributed by atoms with Crippen molar-refractivity contribution in [3.8, 4) is 0 Å². The van der Waals surface area contributed by atoms with Gasteiger partial charge in [-0.25, -0.2) is 4.98 Å². The molecule has 0 aliphatic heterocycles. The minimum atomic E-state index is -0.533. The zero-order valence-electron chi connectivity index (χ0n) is 11.4. The molecule has 8 nitrogen and oxygen atoms in total. The van der Waals surface area contributed by atoms with Gasteiger partial charge in [0.2, 0.25) is 5.95 Å². The van der Waals surface area contributed by atoms with Gasteiger partial charge in [-0.05, 0) is 13.3 Å². The number of H-pyrrole nitrogens is 2. The SMILES string of the molecule is CCCC(C(=O)OCC)c1nc2nc(N)[nH]c(=O)c2[nH]1. The highest BCUT2D eigenvalue weighted by atomic mass is 16.5. The van der Waals surface area contributed by atoms with Crippen LogP contribution in [0, 0.1) is 0 Å². The van der Waals surface area contributed by atoms with Crippen molar-refractivity contribution in [1.82, 2.24) is 19.9 Å². The van der Waals surface area contributed by atoms with Gasteiger partial charge in [0.1, 0.15) is 11.7 Å². The van der Waals surface area contributed by atoms with Crippen LogP contribution in [0.2, 0.25) is 0 Å². The molecule has 0 spiro atoms. The minimum absolute atomic E-state index is 0.0104. The average molecular weight is 279 g/mol. The smallest absolute Gasteiger partial charge is 0.316 e. The number of carbonyl (C=O) groups is 1. The molecule has 20 heavy (non-hydrogen) atoms. The van der Waals surface area contributed by atoms with Crippen molar-refractivity contribution >= 4 is 23.1 Å². The summed E-state index contributed by atoms with van der Waals surface area (Å²) in [4.78, 5) is 37.0. The van der Waals surface area contributed by atoms with E-state index < -0.39 is 11.5 Å². The molecule has 0 saturated heterocycles. The summed E-state index contributed by atoms with van der Waals surface area (Å²) in [6.45, 7) is 4.00. The highest BCUT2D eigenvalue weighted by Gasteiger charge is 2.25. The van der Waals surface area contributed by atoms with Gasteiger partial charge in [-0.1, -0.05) is 13.3 Å². The van der Waals surface area contributed by atoms with E-state index >= 15 is 0 Å². The summed E-state index contributed by atoms with van der Waals surface area (Å²) in [6, 6.07) is 0. The molecular formula is C12H17N5O3. The number of anilines is 1. The van der Waals surface area contributed by atoms with Gasteiger partial charge in [0.05, 0.1) is 6.61 Å². The van der Waals surface area contributed by atoms with E-state index in [1.54, 1.807) is 6.92 Å². The molecular weight excluding hydrogens is 262 g/mol. The molecule has 2 rings (SSSR count). The number of fused-ring (bicyclic) bond motifs is 1.